The second-order valence-corrected chi connectivity index (χ2v) is 9.86. The van der Waals surface area contributed by atoms with Crippen molar-refractivity contribution in [1.82, 2.24) is 9.97 Å². The van der Waals surface area contributed by atoms with Crippen LogP contribution in [0.25, 0.3) is 20.3 Å². The fourth-order valence-corrected chi connectivity index (χ4v) is 5.92. The van der Waals surface area contributed by atoms with Crippen LogP contribution in [0.3, 0.4) is 0 Å². The molecule has 0 spiro atoms. The maximum Gasteiger partial charge on any atom is 0.306 e. The molecule has 0 atom stereocenters. The van der Waals surface area contributed by atoms with E-state index in [2.05, 4.69) is 17.4 Å². The molecular formula is C25H24ClN3NaO3S. The van der Waals surface area contributed by atoms with E-state index in [1.807, 2.05) is 30.3 Å². The summed E-state index contributed by atoms with van der Waals surface area (Å²) in [6.07, 6.45) is 2.92. The largest absolute Gasteiger partial charge is 0.495 e. The van der Waals surface area contributed by atoms with Crippen molar-refractivity contribution in [2.45, 2.75) is 38.1 Å². The number of carboxylic acids is 1. The van der Waals surface area contributed by atoms with Crippen molar-refractivity contribution in [3.8, 4) is 5.75 Å². The van der Waals surface area contributed by atoms with E-state index in [0.717, 1.165) is 45.7 Å². The molecule has 9 heteroatoms. The molecule has 1 fully saturated rings. The molecule has 5 rings (SSSR count). The van der Waals surface area contributed by atoms with E-state index >= 15 is 0 Å². The van der Waals surface area contributed by atoms with Gasteiger partial charge < -0.3 is 15.2 Å². The Morgan fingerprint density at radius 1 is 1.18 bits per heavy atom. The van der Waals surface area contributed by atoms with E-state index in [-0.39, 0.29) is 41.4 Å². The Hall–Kier alpha value is -1.90. The molecule has 0 aliphatic heterocycles. The van der Waals surface area contributed by atoms with Gasteiger partial charge in [-0.3, -0.25) is 4.79 Å². The van der Waals surface area contributed by atoms with Crippen LogP contribution >= 0.6 is 22.9 Å². The SMILES string of the molecule is COc1ccc(CNc2nc(C3CCC(C(=O)O)CC3)nc3sc4ccccc4c23)cc1Cl.[Na]. The standard InChI is InChI=1S/C25H24ClN3O3S.Na/c1-32-19-11-6-14(12-18(19)26)13-27-23-21-17-4-2-3-5-20(17)33-24(21)29-22(28-23)15-7-9-16(10-8-15)25(30)31;/h2-6,11-12,15-16H,7-10,13H2,1H3,(H,30,31)(H,27,28,29);. The molecule has 0 amide bonds. The monoisotopic (exact) mass is 504 g/mol. The number of anilines is 1. The number of carboxylic acid groups (broad SMARTS) is 1. The van der Waals surface area contributed by atoms with E-state index < -0.39 is 5.97 Å². The van der Waals surface area contributed by atoms with Crippen molar-refractivity contribution >= 4 is 84.6 Å². The normalized spacial score (nSPS) is 17.9. The first kappa shape index (κ1) is 25.2. The Balaban J connectivity index is 0.00000274. The van der Waals surface area contributed by atoms with Crippen LogP contribution in [0.1, 0.15) is 43.0 Å². The van der Waals surface area contributed by atoms with Crippen LogP contribution in [0.2, 0.25) is 5.02 Å². The number of rotatable bonds is 6. The number of hydrogen-bond donors (Lipinski definition) is 2. The van der Waals surface area contributed by atoms with Crippen LogP contribution in [-0.4, -0.2) is 57.7 Å². The number of halogens is 1. The summed E-state index contributed by atoms with van der Waals surface area (Å²) in [6.45, 7) is 0.561. The number of nitrogens with one attached hydrogen (secondary N) is 1. The summed E-state index contributed by atoms with van der Waals surface area (Å²) in [4.78, 5) is 22.2. The molecule has 2 aromatic carbocycles. The minimum atomic E-state index is -0.699. The number of nitrogens with zero attached hydrogens (tertiary/aromatic N) is 2. The predicted molar refractivity (Wildman–Crippen MR) is 138 cm³/mol. The second kappa shape index (κ2) is 10.8. The van der Waals surface area contributed by atoms with Gasteiger partial charge in [0.1, 0.15) is 22.2 Å². The molecule has 2 heterocycles. The molecule has 171 valence electrons. The van der Waals surface area contributed by atoms with Gasteiger partial charge in [-0.2, -0.15) is 0 Å². The molecular weight excluding hydrogens is 481 g/mol. The Labute approximate surface area is 229 Å². The fraction of sp³-hybridized carbons (Fsp3) is 0.320. The summed E-state index contributed by atoms with van der Waals surface area (Å²) in [7, 11) is 1.60. The number of aliphatic carboxylic acids is 1. The molecule has 0 unspecified atom stereocenters. The maximum atomic E-state index is 11.4. The third kappa shape index (κ3) is 5.04. The van der Waals surface area contributed by atoms with Gasteiger partial charge in [-0.15, -0.1) is 11.3 Å². The van der Waals surface area contributed by atoms with Gasteiger partial charge >= 0.3 is 5.97 Å². The summed E-state index contributed by atoms with van der Waals surface area (Å²) in [5, 5.41) is 15.6. The number of ether oxygens (including phenoxy) is 1. The van der Waals surface area contributed by atoms with Crippen molar-refractivity contribution in [3.63, 3.8) is 0 Å². The van der Waals surface area contributed by atoms with Crippen LogP contribution in [0, 0.1) is 5.92 Å². The summed E-state index contributed by atoms with van der Waals surface area (Å²) in [5.41, 5.74) is 1.02. The third-order valence-electron chi connectivity index (χ3n) is 6.37. The summed E-state index contributed by atoms with van der Waals surface area (Å²) >= 11 is 7.97. The quantitative estimate of drug-likeness (QED) is 0.309. The van der Waals surface area contributed by atoms with E-state index in [9.17, 15) is 9.90 Å². The van der Waals surface area contributed by atoms with Crippen molar-refractivity contribution in [2.75, 3.05) is 12.4 Å². The predicted octanol–water partition coefficient (Wildman–Crippen LogP) is 6.10. The third-order valence-corrected chi connectivity index (χ3v) is 7.73. The van der Waals surface area contributed by atoms with Crippen LogP contribution in [0.4, 0.5) is 5.82 Å². The van der Waals surface area contributed by atoms with Crippen LogP contribution in [0.5, 0.6) is 5.75 Å². The minimum Gasteiger partial charge on any atom is -0.495 e. The van der Waals surface area contributed by atoms with Gasteiger partial charge in [0.15, 0.2) is 0 Å². The van der Waals surface area contributed by atoms with Gasteiger partial charge in [0.05, 0.1) is 23.4 Å². The molecule has 1 radical (unpaired) electrons. The van der Waals surface area contributed by atoms with Gasteiger partial charge in [0, 0.05) is 52.1 Å². The molecule has 34 heavy (non-hydrogen) atoms. The van der Waals surface area contributed by atoms with Crippen LogP contribution in [-0.2, 0) is 11.3 Å². The van der Waals surface area contributed by atoms with Crippen molar-refractivity contribution in [3.05, 3.63) is 58.9 Å². The Morgan fingerprint density at radius 2 is 1.94 bits per heavy atom. The average Bonchev–Trinajstić information content (AvgIpc) is 3.21. The zero-order valence-electron chi connectivity index (χ0n) is 19.2. The summed E-state index contributed by atoms with van der Waals surface area (Å²) in [6, 6.07) is 14.0. The molecule has 2 aromatic heterocycles. The molecule has 1 aliphatic carbocycles. The van der Waals surface area contributed by atoms with Crippen LogP contribution < -0.4 is 10.1 Å². The molecule has 6 nitrogen and oxygen atoms in total. The fourth-order valence-electron chi connectivity index (χ4n) is 4.55. The number of hydrogen-bond acceptors (Lipinski definition) is 6. The number of aromatic nitrogens is 2. The molecule has 0 bridgehead atoms. The zero-order chi connectivity index (χ0) is 22.9. The van der Waals surface area contributed by atoms with E-state index in [4.69, 9.17) is 26.3 Å². The van der Waals surface area contributed by atoms with Gasteiger partial charge in [0.25, 0.3) is 0 Å². The van der Waals surface area contributed by atoms with Gasteiger partial charge in [-0.1, -0.05) is 35.9 Å². The Bertz CT molecular complexity index is 1340. The van der Waals surface area contributed by atoms with Crippen molar-refractivity contribution < 1.29 is 14.6 Å². The minimum absolute atomic E-state index is 0. The smallest absolute Gasteiger partial charge is 0.306 e. The number of thiophene rings is 1. The number of benzene rings is 2. The first-order chi connectivity index (χ1) is 16.0. The topological polar surface area (TPSA) is 84.3 Å². The van der Waals surface area contributed by atoms with E-state index in [0.29, 0.717) is 30.2 Å². The zero-order valence-corrected chi connectivity index (χ0v) is 22.7. The molecule has 4 aromatic rings. The first-order valence-electron chi connectivity index (χ1n) is 11.0. The van der Waals surface area contributed by atoms with Crippen molar-refractivity contribution in [1.29, 1.82) is 0 Å². The molecule has 1 aliphatic rings. The first-order valence-corrected chi connectivity index (χ1v) is 12.2. The number of carbonyl (C=O) groups is 1. The summed E-state index contributed by atoms with van der Waals surface area (Å²) in [5.74, 6) is 1.47. The second-order valence-electron chi connectivity index (χ2n) is 8.42. The van der Waals surface area contributed by atoms with Gasteiger partial charge in [0.2, 0.25) is 0 Å². The van der Waals surface area contributed by atoms with E-state index in [1.165, 1.54) is 4.70 Å². The van der Waals surface area contributed by atoms with Gasteiger partial charge in [-0.05, 0) is 49.4 Å². The summed E-state index contributed by atoms with van der Waals surface area (Å²) < 4.78 is 6.43. The molecule has 2 N–H and O–H groups in total. The average molecular weight is 505 g/mol. The Morgan fingerprint density at radius 3 is 2.65 bits per heavy atom. The molecule has 1 saturated carbocycles. The number of fused-ring (bicyclic) bond motifs is 3. The van der Waals surface area contributed by atoms with Gasteiger partial charge in [-0.25, -0.2) is 9.97 Å². The van der Waals surface area contributed by atoms with Crippen LogP contribution in [0.15, 0.2) is 42.5 Å². The van der Waals surface area contributed by atoms with E-state index in [1.54, 1.807) is 18.4 Å². The molecule has 0 saturated heterocycles. The maximum absolute atomic E-state index is 11.4. The van der Waals surface area contributed by atoms with Crippen molar-refractivity contribution in [2.24, 2.45) is 5.92 Å². The Kier molecular flexibility index (Phi) is 8.00. The number of methoxy groups -OCH3 is 1.